The molecule has 3 heterocycles. The number of hydrogen-bond donors (Lipinski definition) is 2. The first-order valence-electron chi connectivity index (χ1n) is 11.9. The number of carbonyl (C=O) groups is 1. The van der Waals surface area contributed by atoms with E-state index < -0.39 is 28.7 Å². The molecule has 37 heavy (non-hydrogen) atoms. The maximum Gasteiger partial charge on any atom is 0.278 e. The van der Waals surface area contributed by atoms with Crippen LogP contribution in [-0.4, -0.2) is 39.9 Å². The van der Waals surface area contributed by atoms with Crippen LogP contribution in [0.2, 0.25) is 0 Å². The van der Waals surface area contributed by atoms with E-state index in [9.17, 15) is 23.5 Å². The molecule has 10 heteroatoms. The predicted octanol–water partition coefficient (Wildman–Crippen LogP) is 4.40. The van der Waals surface area contributed by atoms with Gasteiger partial charge in [0.15, 0.2) is 23.1 Å². The number of fused-ring (bicyclic) bond motifs is 3. The monoisotopic (exact) mass is 525 g/mol. The lowest BCUT2D eigenvalue weighted by Gasteiger charge is -2.35. The molecule has 0 bridgehead atoms. The lowest BCUT2D eigenvalue weighted by molar-refractivity contribution is 0.0674. The maximum absolute atomic E-state index is 14.7. The summed E-state index contributed by atoms with van der Waals surface area (Å²) in [7, 11) is 0. The van der Waals surface area contributed by atoms with Crippen molar-refractivity contribution in [3.63, 3.8) is 0 Å². The third-order valence-corrected chi connectivity index (χ3v) is 7.71. The van der Waals surface area contributed by atoms with E-state index >= 15 is 0 Å². The predicted molar refractivity (Wildman–Crippen MR) is 137 cm³/mol. The number of pyridine rings is 1. The Morgan fingerprint density at radius 3 is 2.84 bits per heavy atom. The minimum Gasteiger partial charge on any atom is -0.502 e. The molecule has 192 valence electrons. The summed E-state index contributed by atoms with van der Waals surface area (Å²) in [5.74, 6) is -2.28. The molecule has 7 nitrogen and oxygen atoms in total. The fourth-order valence-electron chi connectivity index (χ4n) is 4.60. The number of amides is 1. The number of benzene rings is 2. The molecular formula is C27H25F2N3O4S. The van der Waals surface area contributed by atoms with E-state index in [1.54, 1.807) is 12.2 Å². The number of halogens is 2. The number of aromatic hydroxyl groups is 1. The van der Waals surface area contributed by atoms with Gasteiger partial charge in [-0.2, -0.15) is 0 Å². The highest BCUT2D eigenvalue weighted by Gasteiger charge is 2.31. The van der Waals surface area contributed by atoms with Crippen LogP contribution < -0.4 is 15.6 Å². The third-order valence-electron chi connectivity index (χ3n) is 6.57. The average molecular weight is 526 g/mol. The molecule has 1 atom stereocenters. The first-order chi connectivity index (χ1) is 17.9. The fraction of sp³-hybridized carbons (Fsp3) is 0.259. The second-order valence-corrected chi connectivity index (χ2v) is 9.77. The lowest BCUT2D eigenvalue weighted by Crippen LogP contribution is -2.50. The first-order valence-corrected chi connectivity index (χ1v) is 12.9. The molecule has 1 aromatic heterocycles. The summed E-state index contributed by atoms with van der Waals surface area (Å²) in [5.41, 5.74) is 4.20. The van der Waals surface area contributed by atoms with Crippen molar-refractivity contribution in [3.05, 3.63) is 99.0 Å². The van der Waals surface area contributed by atoms with Crippen LogP contribution in [0.15, 0.2) is 64.4 Å². The molecule has 0 spiro atoms. The van der Waals surface area contributed by atoms with Crippen molar-refractivity contribution >= 4 is 17.7 Å². The summed E-state index contributed by atoms with van der Waals surface area (Å²) in [6, 6.07) is 9.71. The van der Waals surface area contributed by atoms with Gasteiger partial charge in [0.1, 0.15) is 19.0 Å². The minimum absolute atomic E-state index is 0.0829. The molecule has 0 unspecified atom stereocenters. The molecular weight excluding hydrogens is 500 g/mol. The number of aromatic nitrogens is 1. The topological polar surface area (TPSA) is 83.8 Å². The number of nitrogens with zero attached hydrogens (tertiary/aromatic N) is 2. The highest BCUT2D eigenvalue weighted by molar-refractivity contribution is 7.98. The first kappa shape index (κ1) is 24.9. The molecule has 5 rings (SSSR count). The van der Waals surface area contributed by atoms with Crippen LogP contribution >= 0.6 is 11.8 Å². The zero-order valence-electron chi connectivity index (χ0n) is 20.0. The van der Waals surface area contributed by atoms with Crippen LogP contribution in [-0.2, 0) is 12.2 Å². The smallest absolute Gasteiger partial charge is 0.278 e. The van der Waals surface area contributed by atoms with E-state index in [1.807, 2.05) is 31.2 Å². The molecule has 0 radical (unpaired) electrons. The molecule has 2 N–H and O–H groups in total. The van der Waals surface area contributed by atoms with Crippen molar-refractivity contribution in [2.45, 2.75) is 36.5 Å². The summed E-state index contributed by atoms with van der Waals surface area (Å²) < 4.78 is 36.3. The summed E-state index contributed by atoms with van der Waals surface area (Å²) in [5, 5.41) is 10.1. The van der Waals surface area contributed by atoms with E-state index in [-0.39, 0.29) is 30.8 Å². The van der Waals surface area contributed by atoms with Crippen LogP contribution in [0.1, 0.15) is 40.5 Å². The van der Waals surface area contributed by atoms with Gasteiger partial charge in [-0.25, -0.2) is 8.78 Å². The Morgan fingerprint density at radius 2 is 2.03 bits per heavy atom. The highest BCUT2D eigenvalue weighted by atomic mass is 32.2. The summed E-state index contributed by atoms with van der Waals surface area (Å²) in [6.45, 7) is 2.16. The Morgan fingerprint density at radius 1 is 1.22 bits per heavy atom. The second-order valence-electron chi connectivity index (χ2n) is 8.75. The zero-order chi connectivity index (χ0) is 26.1. The number of thioether (sulfide) groups is 1. The standard InChI is InChI=1S/C27H25F2N3O4S/c1-2-17(31-15-30-32-10-9-21(33)26(34)25(32)27(31)35)7-5-11-36-22-13-20(28)24(29)19-14-37-23-8-4-3-6-16(23)12-18(19)22/h3-10,13,17,30,34H,2,11-12,14-15H2,1H3/b7-5-/t17-/m0/s1. The summed E-state index contributed by atoms with van der Waals surface area (Å²) in [6.07, 6.45) is 5.91. The SMILES string of the molecule is CC[C@@H](/C=C\COc1cc(F)c(F)c2c1Cc1ccccc1SC2)N1CNn2ccc(=O)c(O)c2C1=O. The Bertz CT molecular complexity index is 1460. The summed E-state index contributed by atoms with van der Waals surface area (Å²) in [4.78, 5) is 27.4. The van der Waals surface area contributed by atoms with Crippen LogP contribution in [0, 0.1) is 11.6 Å². The van der Waals surface area contributed by atoms with Crippen LogP contribution in [0.5, 0.6) is 11.5 Å². The van der Waals surface area contributed by atoms with Crippen molar-refractivity contribution in [2.24, 2.45) is 0 Å². The van der Waals surface area contributed by atoms with E-state index in [2.05, 4.69) is 5.43 Å². The van der Waals surface area contributed by atoms with Crippen LogP contribution in [0.25, 0.3) is 0 Å². The highest BCUT2D eigenvalue weighted by Crippen LogP contribution is 2.39. The van der Waals surface area contributed by atoms with Crippen molar-refractivity contribution < 1.29 is 23.4 Å². The van der Waals surface area contributed by atoms with Gasteiger partial charge in [0, 0.05) is 46.5 Å². The van der Waals surface area contributed by atoms with Crippen molar-refractivity contribution in [1.82, 2.24) is 9.58 Å². The Labute approximate surface area is 216 Å². The second kappa shape index (κ2) is 10.3. The van der Waals surface area contributed by atoms with Gasteiger partial charge in [-0.3, -0.25) is 14.3 Å². The Hall–Kier alpha value is -3.79. The number of hydrogen-bond acceptors (Lipinski definition) is 6. The number of nitrogens with one attached hydrogen (secondary N) is 1. The average Bonchev–Trinajstić information content (AvgIpc) is 3.10. The van der Waals surface area contributed by atoms with E-state index in [1.165, 1.54) is 33.6 Å². The van der Waals surface area contributed by atoms with Gasteiger partial charge in [0.2, 0.25) is 5.43 Å². The zero-order valence-corrected chi connectivity index (χ0v) is 20.9. The van der Waals surface area contributed by atoms with Gasteiger partial charge in [-0.15, -0.1) is 11.8 Å². The van der Waals surface area contributed by atoms with E-state index in [0.29, 0.717) is 29.7 Å². The Kier molecular flexibility index (Phi) is 6.92. The van der Waals surface area contributed by atoms with Gasteiger partial charge in [-0.1, -0.05) is 31.2 Å². The van der Waals surface area contributed by atoms with Crippen molar-refractivity contribution in [2.75, 3.05) is 18.7 Å². The molecule has 3 aromatic rings. The molecule has 1 amide bonds. The molecule has 0 saturated heterocycles. The van der Waals surface area contributed by atoms with Crippen molar-refractivity contribution in [3.8, 4) is 11.5 Å². The molecule has 0 fully saturated rings. The summed E-state index contributed by atoms with van der Waals surface area (Å²) >= 11 is 1.47. The Balaban J connectivity index is 1.33. The minimum atomic E-state index is -0.950. The maximum atomic E-state index is 14.7. The normalized spacial score (nSPS) is 15.4. The van der Waals surface area contributed by atoms with Gasteiger partial charge in [0.05, 0.1) is 6.04 Å². The number of carbonyl (C=O) groups excluding carboxylic acids is 1. The van der Waals surface area contributed by atoms with Gasteiger partial charge in [-0.05, 0) is 24.1 Å². The number of ether oxygens (including phenoxy) is 1. The largest absolute Gasteiger partial charge is 0.502 e. The quantitative estimate of drug-likeness (QED) is 0.465. The van der Waals surface area contributed by atoms with Gasteiger partial charge in [0.25, 0.3) is 5.91 Å². The fourth-order valence-corrected chi connectivity index (χ4v) is 5.70. The van der Waals surface area contributed by atoms with Crippen LogP contribution in [0.4, 0.5) is 8.78 Å². The van der Waals surface area contributed by atoms with Crippen LogP contribution in [0.3, 0.4) is 0 Å². The number of rotatable bonds is 6. The third kappa shape index (κ3) is 4.69. The molecule has 2 aliphatic rings. The molecule has 2 aromatic carbocycles. The van der Waals surface area contributed by atoms with Gasteiger partial charge >= 0.3 is 0 Å². The van der Waals surface area contributed by atoms with E-state index in [0.717, 1.165) is 16.5 Å². The van der Waals surface area contributed by atoms with E-state index in [4.69, 9.17) is 4.74 Å². The molecule has 0 saturated carbocycles. The van der Waals surface area contributed by atoms with Crippen molar-refractivity contribution in [1.29, 1.82) is 0 Å². The lowest BCUT2D eigenvalue weighted by atomic mass is 9.99. The van der Waals surface area contributed by atoms with Gasteiger partial charge < -0.3 is 20.2 Å². The molecule has 0 aliphatic carbocycles. The molecule has 2 aliphatic heterocycles.